The monoisotopic (exact) mass is 429 g/mol. The van der Waals surface area contributed by atoms with E-state index in [0.29, 0.717) is 25.1 Å². The highest BCUT2D eigenvalue weighted by molar-refractivity contribution is 7.89. The topological polar surface area (TPSA) is 133 Å². The molecule has 2 amide bonds. The van der Waals surface area contributed by atoms with Gasteiger partial charge in [-0.3, -0.25) is 9.59 Å². The highest BCUT2D eigenvalue weighted by atomic mass is 32.2. The Kier molecular flexibility index (Phi) is 4.82. The molecule has 2 aromatic rings. The summed E-state index contributed by atoms with van der Waals surface area (Å²) in [5, 5.41) is 5.13. The third-order valence-electron chi connectivity index (χ3n) is 5.93. The Bertz CT molecular complexity index is 1120. The van der Waals surface area contributed by atoms with Crippen molar-refractivity contribution in [1.82, 2.24) is 4.90 Å². The summed E-state index contributed by atoms with van der Waals surface area (Å²) in [5.74, 6) is -1.62. The molecule has 9 heteroatoms. The van der Waals surface area contributed by atoms with Crippen molar-refractivity contribution in [1.29, 1.82) is 0 Å². The third-order valence-corrected chi connectivity index (χ3v) is 6.86. The lowest BCUT2D eigenvalue weighted by atomic mass is 9.73. The van der Waals surface area contributed by atoms with Gasteiger partial charge in [-0.15, -0.1) is 0 Å². The highest BCUT2D eigenvalue weighted by Crippen LogP contribution is 2.49. The molecule has 2 heterocycles. The number of nitrogens with two attached hydrogens (primary N) is 2. The Labute approximate surface area is 174 Å². The largest absolute Gasteiger partial charge is 0.468 e. The van der Waals surface area contributed by atoms with Gasteiger partial charge in [0, 0.05) is 18.9 Å². The summed E-state index contributed by atoms with van der Waals surface area (Å²) in [6, 6.07) is 13.6. The van der Waals surface area contributed by atoms with Gasteiger partial charge in [0.1, 0.15) is 11.7 Å². The zero-order valence-electron chi connectivity index (χ0n) is 16.4. The van der Waals surface area contributed by atoms with Gasteiger partial charge in [0.05, 0.1) is 4.90 Å². The number of primary sulfonamides is 1. The van der Waals surface area contributed by atoms with Gasteiger partial charge in [-0.25, -0.2) is 13.6 Å². The smallest absolute Gasteiger partial charge is 0.238 e. The van der Waals surface area contributed by atoms with Crippen LogP contribution in [-0.2, 0) is 26.0 Å². The lowest BCUT2D eigenvalue weighted by molar-refractivity contribution is -0.175. The zero-order valence-corrected chi connectivity index (χ0v) is 17.3. The summed E-state index contributed by atoms with van der Waals surface area (Å²) in [6.07, 6.45) is 0.918. The molecule has 0 saturated carbocycles. The number of para-hydroxylation sites is 1. The number of fused-ring (bicyclic) bond motifs is 4. The quantitative estimate of drug-likeness (QED) is 0.687. The Hall–Kier alpha value is -2.91. The van der Waals surface area contributed by atoms with Crippen molar-refractivity contribution in [2.75, 3.05) is 6.54 Å². The molecule has 30 heavy (non-hydrogen) atoms. The number of hydrogen-bond acceptors (Lipinski definition) is 5. The second-order valence-electron chi connectivity index (χ2n) is 7.93. The molecule has 2 aliphatic heterocycles. The number of benzene rings is 2. The number of sulfonamides is 1. The van der Waals surface area contributed by atoms with Crippen molar-refractivity contribution in [2.45, 2.75) is 36.3 Å². The molecule has 2 aliphatic rings. The summed E-state index contributed by atoms with van der Waals surface area (Å²) in [4.78, 5) is 27.0. The molecule has 2 bridgehead atoms. The summed E-state index contributed by atoms with van der Waals surface area (Å²) in [7, 11) is -3.77. The van der Waals surface area contributed by atoms with Crippen LogP contribution < -0.4 is 15.6 Å². The third kappa shape index (κ3) is 3.44. The average Bonchev–Trinajstić information content (AvgIpc) is 2.67. The molecule has 3 atom stereocenters. The Morgan fingerprint density at radius 1 is 1.20 bits per heavy atom. The van der Waals surface area contributed by atoms with Crippen LogP contribution in [0.1, 0.15) is 30.4 Å². The number of amides is 2. The lowest BCUT2D eigenvalue weighted by Gasteiger charge is -2.52. The molecule has 0 aliphatic carbocycles. The molecule has 4 rings (SSSR count). The number of primary amides is 1. The molecule has 0 spiro atoms. The molecule has 158 valence electrons. The van der Waals surface area contributed by atoms with Gasteiger partial charge in [0.2, 0.25) is 21.8 Å². The molecule has 2 aromatic carbocycles. The van der Waals surface area contributed by atoms with Gasteiger partial charge in [-0.05, 0) is 42.7 Å². The molecular formula is C21H23N3O5S. The first kappa shape index (κ1) is 20.4. The van der Waals surface area contributed by atoms with Gasteiger partial charge < -0.3 is 15.4 Å². The maximum atomic E-state index is 13.3. The van der Waals surface area contributed by atoms with Crippen molar-refractivity contribution in [2.24, 2.45) is 16.8 Å². The number of nitrogens with zero attached hydrogens (tertiary/aromatic N) is 1. The normalized spacial score (nSPS) is 25.4. The molecule has 1 saturated heterocycles. The van der Waals surface area contributed by atoms with Gasteiger partial charge >= 0.3 is 0 Å². The van der Waals surface area contributed by atoms with Crippen LogP contribution in [0.3, 0.4) is 0 Å². The molecular weight excluding hydrogens is 406 g/mol. The van der Waals surface area contributed by atoms with Crippen molar-refractivity contribution >= 4 is 21.8 Å². The van der Waals surface area contributed by atoms with E-state index < -0.39 is 27.6 Å². The van der Waals surface area contributed by atoms with Crippen LogP contribution >= 0.6 is 0 Å². The van der Waals surface area contributed by atoms with E-state index in [-0.39, 0.29) is 16.7 Å². The predicted molar refractivity (Wildman–Crippen MR) is 109 cm³/mol. The van der Waals surface area contributed by atoms with Gasteiger partial charge in [0.15, 0.2) is 5.72 Å². The standard InChI is InChI=1S/C21H23N3O5S/c1-21-12-16(15-4-2-3-5-17(15)29-21)18(19(22)25)20(26)24(21)11-10-13-6-8-14(9-7-13)30(23,27)28/h2-9,16,18H,10-12H2,1H3,(H2,22,25)(H2,23,27,28)/t16-,18-,21-/m0/s1. The SMILES string of the molecule is C[C@@]12C[C@@H](c3ccccc3O1)[C@@H](C(N)=O)C(=O)N2CCc1ccc(S(N)(=O)=O)cc1. The predicted octanol–water partition coefficient (Wildman–Crippen LogP) is 1.10. The number of carbonyl (C=O) groups excluding carboxylic acids is 2. The number of piperidine rings is 1. The fourth-order valence-corrected chi connectivity index (χ4v) is 4.98. The second-order valence-corrected chi connectivity index (χ2v) is 9.50. The Morgan fingerprint density at radius 2 is 1.87 bits per heavy atom. The molecule has 0 radical (unpaired) electrons. The maximum Gasteiger partial charge on any atom is 0.238 e. The minimum Gasteiger partial charge on any atom is -0.468 e. The van der Waals surface area contributed by atoms with Crippen LogP contribution in [0.4, 0.5) is 0 Å². The van der Waals surface area contributed by atoms with E-state index in [0.717, 1.165) is 11.1 Å². The molecule has 0 aromatic heterocycles. The van der Waals surface area contributed by atoms with E-state index in [1.165, 1.54) is 12.1 Å². The van der Waals surface area contributed by atoms with Crippen LogP contribution in [0.5, 0.6) is 5.75 Å². The minimum absolute atomic E-state index is 0.0242. The van der Waals surface area contributed by atoms with Crippen molar-refractivity contribution in [3.63, 3.8) is 0 Å². The van der Waals surface area contributed by atoms with E-state index in [9.17, 15) is 18.0 Å². The van der Waals surface area contributed by atoms with E-state index in [2.05, 4.69) is 0 Å². The first-order valence-corrected chi connectivity index (χ1v) is 11.2. The van der Waals surface area contributed by atoms with Crippen LogP contribution in [0, 0.1) is 5.92 Å². The summed E-state index contributed by atoms with van der Waals surface area (Å²) in [5.41, 5.74) is 6.38. The van der Waals surface area contributed by atoms with Crippen molar-refractivity contribution in [3.05, 3.63) is 59.7 Å². The fourth-order valence-electron chi connectivity index (χ4n) is 4.47. The van der Waals surface area contributed by atoms with E-state index in [1.807, 2.05) is 31.2 Å². The first-order chi connectivity index (χ1) is 14.1. The van der Waals surface area contributed by atoms with Gasteiger partial charge in [-0.2, -0.15) is 0 Å². The van der Waals surface area contributed by atoms with Gasteiger partial charge in [0.25, 0.3) is 0 Å². The summed E-state index contributed by atoms with van der Waals surface area (Å²) >= 11 is 0. The second kappa shape index (κ2) is 7.10. The van der Waals surface area contributed by atoms with Crippen molar-refractivity contribution < 1.29 is 22.7 Å². The minimum atomic E-state index is -3.77. The number of hydrogen-bond donors (Lipinski definition) is 2. The van der Waals surface area contributed by atoms with E-state index >= 15 is 0 Å². The van der Waals surface area contributed by atoms with E-state index in [1.54, 1.807) is 17.0 Å². The van der Waals surface area contributed by atoms with Crippen molar-refractivity contribution in [3.8, 4) is 5.75 Å². The van der Waals surface area contributed by atoms with Crippen LogP contribution in [0.2, 0.25) is 0 Å². The maximum absolute atomic E-state index is 13.3. The lowest BCUT2D eigenvalue weighted by Crippen LogP contribution is -2.64. The highest BCUT2D eigenvalue weighted by Gasteiger charge is 2.55. The summed E-state index contributed by atoms with van der Waals surface area (Å²) in [6.45, 7) is 2.14. The Balaban J connectivity index is 1.62. The van der Waals surface area contributed by atoms with Crippen LogP contribution in [-0.4, -0.2) is 37.4 Å². The van der Waals surface area contributed by atoms with Crippen LogP contribution in [0.15, 0.2) is 53.4 Å². The molecule has 4 N–H and O–H groups in total. The fraction of sp³-hybridized carbons (Fsp3) is 0.333. The molecule has 8 nitrogen and oxygen atoms in total. The average molecular weight is 429 g/mol. The van der Waals surface area contributed by atoms with Gasteiger partial charge in [-0.1, -0.05) is 30.3 Å². The molecule has 0 unspecified atom stereocenters. The number of carbonyl (C=O) groups is 2. The Morgan fingerprint density at radius 3 is 2.50 bits per heavy atom. The summed E-state index contributed by atoms with van der Waals surface area (Å²) < 4.78 is 29.0. The molecule has 1 fully saturated rings. The van der Waals surface area contributed by atoms with E-state index in [4.69, 9.17) is 15.6 Å². The van der Waals surface area contributed by atoms with Crippen LogP contribution in [0.25, 0.3) is 0 Å². The number of rotatable bonds is 5. The number of likely N-dealkylation sites (tertiary alicyclic amines) is 1. The zero-order chi connectivity index (χ0) is 21.7. The number of ether oxygens (including phenoxy) is 1. The first-order valence-electron chi connectivity index (χ1n) is 9.61.